The van der Waals surface area contributed by atoms with E-state index in [-0.39, 0.29) is 11.5 Å². The van der Waals surface area contributed by atoms with Gasteiger partial charge in [0.05, 0.1) is 0 Å². The highest BCUT2D eigenvalue weighted by Gasteiger charge is 2.08. The van der Waals surface area contributed by atoms with Gasteiger partial charge in [0.15, 0.2) is 0 Å². The monoisotopic (exact) mass is 364 g/mol. The molecule has 0 saturated carbocycles. The second-order valence-corrected chi connectivity index (χ2v) is 5.82. The topological polar surface area (TPSA) is 71.3 Å². The van der Waals surface area contributed by atoms with Crippen LogP contribution in [0.1, 0.15) is 24.5 Å². The van der Waals surface area contributed by atoms with Gasteiger partial charge in [-0.3, -0.25) is 4.79 Å². The Bertz CT molecular complexity index is 777. The van der Waals surface area contributed by atoms with Gasteiger partial charge in [0, 0.05) is 19.8 Å². The summed E-state index contributed by atoms with van der Waals surface area (Å²) < 4.78 is 10.9. The van der Waals surface area contributed by atoms with Gasteiger partial charge in [0.1, 0.15) is 24.0 Å². The fourth-order valence-corrected chi connectivity index (χ4v) is 2.33. The first-order chi connectivity index (χ1) is 13.2. The zero-order valence-electron chi connectivity index (χ0n) is 15.5. The Morgan fingerprint density at radius 3 is 2.56 bits per heavy atom. The van der Waals surface area contributed by atoms with Gasteiger partial charge >= 0.3 is 0 Å². The summed E-state index contributed by atoms with van der Waals surface area (Å²) in [5, 5.41) is 12.0. The molecular formula is C22H24N2O3. The lowest BCUT2D eigenvalue weighted by molar-refractivity contribution is -0.117. The molecule has 27 heavy (non-hydrogen) atoms. The molecule has 2 aromatic carbocycles. The molecule has 0 radical (unpaired) electrons. The maximum absolute atomic E-state index is 12.1. The van der Waals surface area contributed by atoms with Gasteiger partial charge in [-0.25, -0.2) is 0 Å². The third kappa shape index (κ3) is 7.35. The molecule has 0 unspecified atom stereocenters. The summed E-state index contributed by atoms with van der Waals surface area (Å²) in [6.45, 7) is 4.13. The lowest BCUT2D eigenvalue weighted by Gasteiger charge is -2.07. The van der Waals surface area contributed by atoms with Crippen molar-refractivity contribution in [3.8, 4) is 11.8 Å². The minimum atomic E-state index is -0.376. The van der Waals surface area contributed by atoms with Crippen molar-refractivity contribution in [1.82, 2.24) is 5.32 Å². The molecule has 0 aliphatic rings. The van der Waals surface area contributed by atoms with Crippen molar-refractivity contribution in [3.63, 3.8) is 0 Å². The van der Waals surface area contributed by atoms with Crippen molar-refractivity contribution in [2.75, 3.05) is 19.8 Å². The molecule has 0 saturated heterocycles. The van der Waals surface area contributed by atoms with Crippen LogP contribution in [0.5, 0.6) is 5.75 Å². The fourth-order valence-electron chi connectivity index (χ4n) is 2.33. The van der Waals surface area contributed by atoms with E-state index in [0.717, 1.165) is 16.9 Å². The molecule has 0 atom stereocenters. The molecule has 0 spiro atoms. The van der Waals surface area contributed by atoms with Crippen molar-refractivity contribution in [1.29, 1.82) is 5.26 Å². The number of hydrogen-bond acceptors (Lipinski definition) is 4. The lowest BCUT2D eigenvalue weighted by atomic mass is 10.1. The maximum atomic E-state index is 12.1. The van der Waals surface area contributed by atoms with E-state index in [1.54, 1.807) is 6.08 Å². The zero-order chi connectivity index (χ0) is 19.3. The lowest BCUT2D eigenvalue weighted by Crippen LogP contribution is -2.26. The number of amides is 1. The Balaban J connectivity index is 1.88. The van der Waals surface area contributed by atoms with Crippen LogP contribution in [0.2, 0.25) is 0 Å². The molecule has 1 amide bonds. The molecule has 0 bridgehead atoms. The Labute approximate surface area is 160 Å². The zero-order valence-corrected chi connectivity index (χ0v) is 15.5. The van der Waals surface area contributed by atoms with Crippen LogP contribution in [0.4, 0.5) is 0 Å². The predicted molar refractivity (Wildman–Crippen MR) is 105 cm³/mol. The molecule has 0 fully saturated rings. The van der Waals surface area contributed by atoms with Crippen LogP contribution in [0.15, 0.2) is 60.2 Å². The number of carbonyl (C=O) groups excluding carboxylic acids is 1. The quantitative estimate of drug-likeness (QED) is 0.396. The van der Waals surface area contributed by atoms with Gasteiger partial charge in [-0.05, 0) is 42.7 Å². The Morgan fingerprint density at radius 2 is 1.89 bits per heavy atom. The average Bonchev–Trinajstić information content (AvgIpc) is 2.71. The summed E-state index contributed by atoms with van der Waals surface area (Å²) in [5.74, 6) is 0.355. The van der Waals surface area contributed by atoms with Crippen molar-refractivity contribution in [2.45, 2.75) is 20.0 Å². The van der Waals surface area contributed by atoms with E-state index in [9.17, 15) is 10.1 Å². The van der Waals surface area contributed by atoms with E-state index in [1.165, 1.54) is 0 Å². The molecule has 0 heterocycles. The summed E-state index contributed by atoms with van der Waals surface area (Å²) in [7, 11) is 0. The van der Waals surface area contributed by atoms with Crippen molar-refractivity contribution < 1.29 is 14.3 Å². The van der Waals surface area contributed by atoms with E-state index in [4.69, 9.17) is 9.47 Å². The Morgan fingerprint density at radius 1 is 1.15 bits per heavy atom. The van der Waals surface area contributed by atoms with E-state index in [2.05, 4.69) is 5.32 Å². The van der Waals surface area contributed by atoms with E-state index >= 15 is 0 Å². The molecular weight excluding hydrogens is 340 g/mol. The van der Waals surface area contributed by atoms with Gasteiger partial charge in [-0.15, -0.1) is 0 Å². The minimum Gasteiger partial charge on any atom is -0.489 e. The number of carbonyl (C=O) groups is 1. The van der Waals surface area contributed by atoms with Gasteiger partial charge in [0.25, 0.3) is 5.91 Å². The molecule has 5 heteroatoms. The first-order valence-electron chi connectivity index (χ1n) is 8.97. The van der Waals surface area contributed by atoms with Crippen molar-refractivity contribution in [2.24, 2.45) is 0 Å². The van der Waals surface area contributed by atoms with E-state index in [1.807, 2.05) is 67.6 Å². The van der Waals surface area contributed by atoms with Gasteiger partial charge in [0.2, 0.25) is 0 Å². The summed E-state index contributed by atoms with van der Waals surface area (Å²) in [6, 6.07) is 19.1. The van der Waals surface area contributed by atoms with Crippen LogP contribution >= 0.6 is 0 Å². The van der Waals surface area contributed by atoms with Gasteiger partial charge < -0.3 is 14.8 Å². The fraction of sp³-hybridized carbons (Fsp3) is 0.273. The van der Waals surface area contributed by atoms with Crippen LogP contribution < -0.4 is 10.1 Å². The maximum Gasteiger partial charge on any atom is 0.261 e. The second kappa shape index (κ2) is 11.5. The summed E-state index contributed by atoms with van der Waals surface area (Å²) in [6.07, 6.45) is 2.28. The number of ether oxygens (including phenoxy) is 2. The highest BCUT2D eigenvalue weighted by molar-refractivity contribution is 6.01. The van der Waals surface area contributed by atoms with Crippen LogP contribution in [-0.2, 0) is 16.1 Å². The molecule has 2 aromatic rings. The molecule has 5 nitrogen and oxygen atoms in total. The highest BCUT2D eigenvalue weighted by Crippen LogP contribution is 2.16. The molecule has 0 aliphatic carbocycles. The summed E-state index contributed by atoms with van der Waals surface area (Å²) in [5.41, 5.74) is 1.93. The Kier molecular flexibility index (Phi) is 8.61. The smallest absolute Gasteiger partial charge is 0.261 e. The van der Waals surface area contributed by atoms with Crippen LogP contribution in [0, 0.1) is 11.3 Å². The predicted octanol–water partition coefficient (Wildman–Crippen LogP) is 3.72. The first-order valence-corrected chi connectivity index (χ1v) is 8.97. The number of rotatable bonds is 10. The second-order valence-electron chi connectivity index (χ2n) is 5.82. The van der Waals surface area contributed by atoms with Crippen LogP contribution in [0.3, 0.4) is 0 Å². The summed E-state index contributed by atoms with van der Waals surface area (Å²) >= 11 is 0. The van der Waals surface area contributed by atoms with Gasteiger partial charge in [-0.1, -0.05) is 42.5 Å². The normalized spacial score (nSPS) is 10.9. The number of nitrogens with one attached hydrogen (secondary N) is 1. The largest absolute Gasteiger partial charge is 0.489 e. The van der Waals surface area contributed by atoms with Gasteiger partial charge in [-0.2, -0.15) is 5.26 Å². The van der Waals surface area contributed by atoms with Crippen molar-refractivity contribution in [3.05, 3.63) is 71.3 Å². The molecule has 140 valence electrons. The van der Waals surface area contributed by atoms with Crippen LogP contribution in [0.25, 0.3) is 6.08 Å². The molecule has 1 N–H and O–H groups in total. The average molecular weight is 364 g/mol. The van der Waals surface area contributed by atoms with E-state index in [0.29, 0.717) is 32.8 Å². The number of nitriles is 1. The summed E-state index contributed by atoms with van der Waals surface area (Å²) in [4.78, 5) is 12.1. The van der Waals surface area contributed by atoms with Crippen LogP contribution in [-0.4, -0.2) is 25.7 Å². The Hall–Kier alpha value is -3.10. The number of benzene rings is 2. The standard InChI is InChI=1S/C22H24N2O3/c1-2-26-14-6-13-24-22(25)20(16-23)15-18-9-11-21(12-10-18)27-17-19-7-4-3-5-8-19/h3-5,7-12,15H,2,6,13-14,17H2,1H3,(H,24,25)/b20-15+. The van der Waals surface area contributed by atoms with Crippen molar-refractivity contribution >= 4 is 12.0 Å². The molecule has 2 rings (SSSR count). The molecule has 0 aromatic heterocycles. The first kappa shape index (κ1) is 20.2. The number of nitrogens with zero attached hydrogens (tertiary/aromatic N) is 1. The van der Waals surface area contributed by atoms with E-state index < -0.39 is 0 Å². The SMILES string of the molecule is CCOCCCNC(=O)/C(C#N)=C/c1ccc(OCc2ccccc2)cc1. The number of hydrogen-bond donors (Lipinski definition) is 1. The minimum absolute atomic E-state index is 0.0735. The third-order valence-electron chi connectivity index (χ3n) is 3.76. The molecule has 0 aliphatic heterocycles. The third-order valence-corrected chi connectivity index (χ3v) is 3.76. The highest BCUT2D eigenvalue weighted by atomic mass is 16.5.